The van der Waals surface area contributed by atoms with Crippen LogP contribution in [0, 0.1) is 6.92 Å². The number of halogens is 2. The molecule has 0 unspecified atom stereocenters. The molecule has 19 heavy (non-hydrogen) atoms. The Kier molecular flexibility index (Phi) is 4.39. The highest BCUT2D eigenvalue weighted by molar-refractivity contribution is 9.10. The zero-order chi connectivity index (χ0) is 14.0. The number of hydrogen-bond acceptors (Lipinski definition) is 3. The van der Waals surface area contributed by atoms with Crippen LogP contribution < -0.4 is 10.5 Å². The van der Waals surface area contributed by atoms with E-state index in [-0.39, 0.29) is 0 Å². The number of aryl methyl sites for hydroxylation is 1. The van der Waals surface area contributed by atoms with Crippen LogP contribution in [-0.2, 0) is 0 Å². The standard InChI is InChI=1S/C13H10BrClN2OS/c1-7-4-8(13(16)19)5-12(17-7)18-11-6-9(14)2-3-10(11)15/h2-6H,1H3,(H2,16,19). The summed E-state index contributed by atoms with van der Waals surface area (Å²) in [6, 6.07) is 8.83. The van der Waals surface area contributed by atoms with E-state index in [4.69, 9.17) is 34.3 Å². The fraction of sp³-hybridized carbons (Fsp3) is 0.0769. The van der Waals surface area contributed by atoms with Gasteiger partial charge in [-0.1, -0.05) is 39.7 Å². The molecule has 0 aliphatic heterocycles. The molecule has 0 aliphatic carbocycles. The Morgan fingerprint density at radius 2 is 2.11 bits per heavy atom. The highest BCUT2D eigenvalue weighted by atomic mass is 79.9. The molecule has 3 nitrogen and oxygen atoms in total. The lowest BCUT2D eigenvalue weighted by Crippen LogP contribution is -2.10. The molecule has 1 heterocycles. The van der Waals surface area contributed by atoms with Crippen LogP contribution in [0.15, 0.2) is 34.8 Å². The Hall–Kier alpha value is -1.17. The molecule has 1 aromatic heterocycles. The summed E-state index contributed by atoms with van der Waals surface area (Å²) in [5, 5.41) is 0.503. The van der Waals surface area contributed by atoms with Gasteiger partial charge < -0.3 is 10.5 Å². The quantitative estimate of drug-likeness (QED) is 0.835. The summed E-state index contributed by atoms with van der Waals surface area (Å²) in [4.78, 5) is 4.57. The Bertz CT molecular complexity index is 649. The van der Waals surface area contributed by atoms with Crippen molar-refractivity contribution in [1.29, 1.82) is 0 Å². The van der Waals surface area contributed by atoms with Crippen LogP contribution in [0.25, 0.3) is 0 Å². The Labute approximate surface area is 129 Å². The van der Waals surface area contributed by atoms with Gasteiger partial charge in [-0.25, -0.2) is 4.98 Å². The van der Waals surface area contributed by atoms with Crippen molar-refractivity contribution in [3.05, 3.63) is 51.1 Å². The lowest BCUT2D eigenvalue weighted by atomic mass is 10.2. The minimum absolute atomic E-state index is 0.302. The van der Waals surface area contributed by atoms with Crippen LogP contribution in [0.3, 0.4) is 0 Å². The van der Waals surface area contributed by atoms with E-state index >= 15 is 0 Å². The molecule has 0 atom stereocenters. The maximum Gasteiger partial charge on any atom is 0.220 e. The number of rotatable bonds is 3. The summed E-state index contributed by atoms with van der Waals surface area (Å²) in [6.45, 7) is 1.84. The second-order valence-corrected chi connectivity index (χ2v) is 5.64. The van der Waals surface area contributed by atoms with E-state index in [2.05, 4.69) is 20.9 Å². The van der Waals surface area contributed by atoms with Crippen molar-refractivity contribution in [3.63, 3.8) is 0 Å². The number of pyridine rings is 1. The van der Waals surface area contributed by atoms with E-state index in [1.807, 2.05) is 13.0 Å². The molecule has 2 aromatic rings. The van der Waals surface area contributed by atoms with Gasteiger partial charge in [-0.3, -0.25) is 0 Å². The molecule has 0 bridgehead atoms. The third kappa shape index (κ3) is 3.65. The summed E-state index contributed by atoms with van der Waals surface area (Å²) in [5.74, 6) is 0.922. The Morgan fingerprint density at radius 3 is 2.79 bits per heavy atom. The molecule has 0 saturated heterocycles. The van der Waals surface area contributed by atoms with Crippen LogP contribution in [0.5, 0.6) is 11.6 Å². The topological polar surface area (TPSA) is 48.1 Å². The fourth-order valence-electron chi connectivity index (χ4n) is 1.50. The van der Waals surface area contributed by atoms with E-state index in [9.17, 15) is 0 Å². The molecule has 0 aliphatic rings. The van der Waals surface area contributed by atoms with Gasteiger partial charge in [0.2, 0.25) is 5.88 Å². The van der Waals surface area contributed by atoms with E-state index < -0.39 is 0 Å². The van der Waals surface area contributed by atoms with Crippen molar-refractivity contribution in [3.8, 4) is 11.6 Å². The molecule has 0 amide bonds. The number of nitrogens with two attached hydrogens (primary N) is 1. The van der Waals surface area contributed by atoms with E-state index in [0.29, 0.717) is 27.2 Å². The molecule has 2 N–H and O–H groups in total. The minimum Gasteiger partial charge on any atom is -0.437 e. The first-order chi connectivity index (χ1) is 8.95. The fourth-order valence-corrected chi connectivity index (χ4v) is 2.11. The van der Waals surface area contributed by atoms with Crippen LogP contribution in [-0.4, -0.2) is 9.97 Å². The van der Waals surface area contributed by atoms with Crippen LogP contribution >= 0.6 is 39.7 Å². The normalized spacial score (nSPS) is 10.3. The summed E-state index contributed by atoms with van der Waals surface area (Å²) >= 11 is 14.4. The monoisotopic (exact) mass is 356 g/mol. The average Bonchev–Trinajstić information content (AvgIpc) is 2.33. The Morgan fingerprint density at radius 1 is 1.37 bits per heavy atom. The number of ether oxygens (including phenoxy) is 1. The van der Waals surface area contributed by atoms with Gasteiger partial charge in [0.25, 0.3) is 0 Å². The first-order valence-corrected chi connectivity index (χ1v) is 6.95. The highest BCUT2D eigenvalue weighted by Gasteiger charge is 2.08. The van der Waals surface area contributed by atoms with Crippen molar-refractivity contribution in [2.24, 2.45) is 5.73 Å². The molecule has 2 rings (SSSR count). The van der Waals surface area contributed by atoms with Gasteiger partial charge in [0.1, 0.15) is 10.7 Å². The second-order valence-electron chi connectivity index (χ2n) is 3.88. The summed E-state index contributed by atoms with van der Waals surface area (Å²) in [7, 11) is 0. The first kappa shape index (κ1) is 14.2. The van der Waals surface area contributed by atoms with Gasteiger partial charge in [-0.2, -0.15) is 0 Å². The summed E-state index contributed by atoms with van der Waals surface area (Å²) in [6.07, 6.45) is 0. The SMILES string of the molecule is Cc1cc(C(N)=S)cc(Oc2cc(Br)ccc2Cl)n1. The molecule has 0 spiro atoms. The third-order valence-corrected chi connectivity index (χ3v) is 3.36. The lowest BCUT2D eigenvalue weighted by molar-refractivity contribution is 0.461. The van der Waals surface area contributed by atoms with Gasteiger partial charge in [0, 0.05) is 21.8 Å². The summed E-state index contributed by atoms with van der Waals surface area (Å²) in [5.41, 5.74) is 7.09. The van der Waals surface area contributed by atoms with Crippen LogP contribution in [0.2, 0.25) is 5.02 Å². The van der Waals surface area contributed by atoms with Gasteiger partial charge >= 0.3 is 0 Å². The van der Waals surface area contributed by atoms with Crippen molar-refractivity contribution < 1.29 is 4.74 Å². The highest BCUT2D eigenvalue weighted by Crippen LogP contribution is 2.31. The number of hydrogen-bond donors (Lipinski definition) is 1. The third-order valence-electron chi connectivity index (χ3n) is 2.32. The molecule has 0 radical (unpaired) electrons. The number of thiocarbonyl (C=S) groups is 1. The van der Waals surface area contributed by atoms with Gasteiger partial charge in [0.15, 0.2) is 0 Å². The average molecular weight is 358 g/mol. The van der Waals surface area contributed by atoms with Crippen LogP contribution in [0.1, 0.15) is 11.3 Å². The Balaban J connectivity index is 2.38. The van der Waals surface area contributed by atoms with Crippen molar-refractivity contribution in [2.45, 2.75) is 6.92 Å². The maximum absolute atomic E-state index is 6.06. The van der Waals surface area contributed by atoms with Gasteiger partial charge in [-0.05, 0) is 31.2 Å². The summed E-state index contributed by atoms with van der Waals surface area (Å²) < 4.78 is 6.54. The predicted molar refractivity (Wildman–Crippen MR) is 84.1 cm³/mol. The lowest BCUT2D eigenvalue weighted by Gasteiger charge is -2.09. The van der Waals surface area contributed by atoms with E-state index in [0.717, 1.165) is 10.2 Å². The predicted octanol–water partition coefficient (Wildman–Crippen LogP) is 4.23. The zero-order valence-corrected chi connectivity index (χ0v) is 13.1. The minimum atomic E-state index is 0.302. The molecular weight excluding hydrogens is 348 g/mol. The molecule has 0 fully saturated rings. The van der Waals surface area contributed by atoms with Gasteiger partial charge in [-0.15, -0.1) is 0 Å². The van der Waals surface area contributed by atoms with Crippen LogP contribution in [0.4, 0.5) is 0 Å². The number of benzene rings is 1. The van der Waals surface area contributed by atoms with Gasteiger partial charge in [0.05, 0.1) is 5.02 Å². The van der Waals surface area contributed by atoms with Crippen molar-refractivity contribution >= 4 is 44.7 Å². The van der Waals surface area contributed by atoms with Crippen molar-refractivity contribution in [2.75, 3.05) is 0 Å². The molecule has 6 heteroatoms. The second kappa shape index (κ2) is 5.86. The number of aromatic nitrogens is 1. The number of nitrogens with zero attached hydrogens (tertiary/aromatic N) is 1. The van der Waals surface area contributed by atoms with E-state index in [1.54, 1.807) is 24.3 Å². The maximum atomic E-state index is 6.06. The van der Waals surface area contributed by atoms with E-state index in [1.165, 1.54) is 0 Å². The smallest absolute Gasteiger partial charge is 0.220 e. The molecular formula is C13H10BrClN2OS. The largest absolute Gasteiger partial charge is 0.437 e. The first-order valence-electron chi connectivity index (χ1n) is 5.37. The molecule has 98 valence electrons. The molecule has 1 aromatic carbocycles. The van der Waals surface area contributed by atoms with Crippen molar-refractivity contribution in [1.82, 2.24) is 4.98 Å². The molecule has 0 saturated carbocycles. The zero-order valence-electron chi connectivity index (χ0n) is 9.98.